The fourth-order valence-electron chi connectivity index (χ4n) is 1.29. The van der Waals surface area contributed by atoms with Gasteiger partial charge in [0, 0.05) is 18.6 Å². The van der Waals surface area contributed by atoms with Crippen LogP contribution in [0.1, 0.15) is 17.3 Å². The van der Waals surface area contributed by atoms with Crippen molar-refractivity contribution < 1.29 is 9.53 Å². The molecule has 0 atom stereocenters. The topological polar surface area (TPSA) is 67.9 Å². The largest absolute Gasteiger partial charge is 0.462 e. The van der Waals surface area contributed by atoms with E-state index in [-0.39, 0.29) is 5.97 Å². The molecule has 0 unspecified atom stereocenters. The quantitative estimate of drug-likeness (QED) is 0.794. The fraction of sp³-hybridized carbons (Fsp3) is 0.182. The van der Waals surface area contributed by atoms with Crippen molar-refractivity contribution in [2.24, 2.45) is 0 Å². The van der Waals surface area contributed by atoms with Crippen LogP contribution in [0.3, 0.4) is 0 Å². The zero-order valence-corrected chi connectivity index (χ0v) is 8.80. The second-order valence-corrected chi connectivity index (χ2v) is 3.09. The number of hydrogen-bond donors (Lipinski definition) is 1. The maximum Gasteiger partial charge on any atom is 0.339 e. The molecule has 0 radical (unpaired) electrons. The van der Waals surface area contributed by atoms with E-state index in [1.165, 1.54) is 0 Å². The minimum atomic E-state index is -0.346. The third kappa shape index (κ3) is 2.08. The van der Waals surface area contributed by atoms with Crippen molar-refractivity contribution in [1.82, 2.24) is 15.0 Å². The molecule has 5 heteroatoms. The van der Waals surface area contributed by atoms with E-state index in [2.05, 4.69) is 15.0 Å². The Balaban J connectivity index is 2.23. The van der Waals surface area contributed by atoms with E-state index in [4.69, 9.17) is 4.74 Å². The van der Waals surface area contributed by atoms with Crippen LogP contribution < -0.4 is 0 Å². The van der Waals surface area contributed by atoms with Gasteiger partial charge in [0.05, 0.1) is 17.9 Å². The smallest absolute Gasteiger partial charge is 0.339 e. The average Bonchev–Trinajstić information content (AvgIpc) is 2.80. The molecule has 0 aromatic carbocycles. The van der Waals surface area contributed by atoms with Crippen LogP contribution >= 0.6 is 0 Å². The minimum Gasteiger partial charge on any atom is -0.462 e. The standard InChI is InChI=1S/C11H11N3O2/c1-2-16-11(15)8-6-9(14-7-8)10-12-4-3-5-13-10/h3-7,14H,2H2,1H3. The maximum absolute atomic E-state index is 11.4. The highest BCUT2D eigenvalue weighted by molar-refractivity contribution is 5.90. The lowest BCUT2D eigenvalue weighted by atomic mass is 10.3. The molecule has 0 spiro atoms. The molecule has 1 N–H and O–H groups in total. The summed E-state index contributed by atoms with van der Waals surface area (Å²) in [6, 6.07) is 3.41. The minimum absolute atomic E-state index is 0.346. The molecular weight excluding hydrogens is 206 g/mol. The van der Waals surface area contributed by atoms with Gasteiger partial charge in [0.15, 0.2) is 5.82 Å². The molecule has 82 valence electrons. The lowest BCUT2D eigenvalue weighted by Gasteiger charge is -1.96. The lowest BCUT2D eigenvalue weighted by molar-refractivity contribution is 0.0526. The Kier molecular flexibility index (Phi) is 2.95. The first-order valence-corrected chi connectivity index (χ1v) is 4.94. The van der Waals surface area contributed by atoms with E-state index in [1.54, 1.807) is 37.6 Å². The molecule has 2 aromatic rings. The van der Waals surface area contributed by atoms with E-state index >= 15 is 0 Å². The monoisotopic (exact) mass is 217 g/mol. The van der Waals surface area contributed by atoms with Gasteiger partial charge < -0.3 is 9.72 Å². The normalized spacial score (nSPS) is 10.1. The van der Waals surface area contributed by atoms with E-state index in [9.17, 15) is 4.79 Å². The number of esters is 1. The summed E-state index contributed by atoms with van der Waals surface area (Å²) in [6.07, 6.45) is 4.88. The van der Waals surface area contributed by atoms with Crippen LogP contribution in [-0.2, 0) is 4.74 Å². The number of carbonyl (C=O) groups is 1. The van der Waals surface area contributed by atoms with Gasteiger partial charge >= 0.3 is 5.97 Å². The maximum atomic E-state index is 11.4. The van der Waals surface area contributed by atoms with Gasteiger partial charge in [-0.25, -0.2) is 14.8 Å². The molecule has 2 heterocycles. The average molecular weight is 217 g/mol. The molecule has 0 aliphatic rings. The van der Waals surface area contributed by atoms with Gasteiger partial charge in [0.25, 0.3) is 0 Å². The SMILES string of the molecule is CCOC(=O)c1c[nH]c(-c2ncccn2)c1. The van der Waals surface area contributed by atoms with E-state index in [0.29, 0.717) is 23.7 Å². The Labute approximate surface area is 92.5 Å². The predicted molar refractivity (Wildman–Crippen MR) is 57.8 cm³/mol. The second-order valence-electron chi connectivity index (χ2n) is 3.09. The number of nitrogens with zero attached hydrogens (tertiary/aromatic N) is 2. The van der Waals surface area contributed by atoms with Crippen molar-refractivity contribution >= 4 is 5.97 Å². The number of aromatic nitrogens is 3. The number of ether oxygens (including phenoxy) is 1. The Morgan fingerprint density at radius 1 is 1.44 bits per heavy atom. The summed E-state index contributed by atoms with van der Waals surface area (Å²) in [5.41, 5.74) is 1.17. The molecule has 0 saturated heterocycles. The van der Waals surface area contributed by atoms with Crippen LogP contribution in [0.15, 0.2) is 30.7 Å². The van der Waals surface area contributed by atoms with Crippen molar-refractivity contribution in [2.45, 2.75) is 6.92 Å². The molecule has 0 aliphatic carbocycles. The zero-order valence-electron chi connectivity index (χ0n) is 8.80. The van der Waals surface area contributed by atoms with E-state index in [1.807, 2.05) is 0 Å². The summed E-state index contributed by atoms with van der Waals surface area (Å²) in [5, 5.41) is 0. The van der Waals surface area contributed by atoms with Gasteiger partial charge in [0.2, 0.25) is 0 Å². The van der Waals surface area contributed by atoms with Gasteiger partial charge in [-0.1, -0.05) is 0 Å². The molecule has 0 bridgehead atoms. The number of carbonyl (C=O) groups excluding carboxylic acids is 1. The first-order valence-electron chi connectivity index (χ1n) is 4.94. The van der Waals surface area contributed by atoms with Crippen molar-refractivity contribution in [2.75, 3.05) is 6.61 Å². The zero-order chi connectivity index (χ0) is 11.4. The summed E-state index contributed by atoms with van der Waals surface area (Å²) >= 11 is 0. The number of aromatic amines is 1. The first kappa shape index (κ1) is 10.4. The molecule has 2 aromatic heterocycles. The first-order chi connectivity index (χ1) is 7.81. The Morgan fingerprint density at radius 3 is 2.88 bits per heavy atom. The van der Waals surface area contributed by atoms with Gasteiger partial charge in [-0.3, -0.25) is 0 Å². The lowest BCUT2D eigenvalue weighted by Crippen LogP contribution is -2.02. The molecular formula is C11H11N3O2. The van der Waals surface area contributed by atoms with Gasteiger partial charge in [-0.2, -0.15) is 0 Å². The number of nitrogens with one attached hydrogen (secondary N) is 1. The fourth-order valence-corrected chi connectivity index (χ4v) is 1.29. The molecule has 0 fully saturated rings. The van der Waals surface area contributed by atoms with Crippen LogP contribution in [0.25, 0.3) is 11.5 Å². The van der Waals surface area contributed by atoms with Gasteiger partial charge in [0.1, 0.15) is 0 Å². The second kappa shape index (κ2) is 4.57. The molecule has 0 aliphatic heterocycles. The highest BCUT2D eigenvalue weighted by atomic mass is 16.5. The van der Waals surface area contributed by atoms with Crippen molar-refractivity contribution in [3.05, 3.63) is 36.3 Å². The highest BCUT2D eigenvalue weighted by Gasteiger charge is 2.10. The molecule has 0 saturated carbocycles. The van der Waals surface area contributed by atoms with Crippen LogP contribution in [-0.4, -0.2) is 27.5 Å². The molecule has 0 amide bonds. The third-order valence-corrected chi connectivity index (χ3v) is 2.00. The summed E-state index contributed by atoms with van der Waals surface area (Å²) in [4.78, 5) is 22.5. The van der Waals surface area contributed by atoms with E-state index in [0.717, 1.165) is 0 Å². The highest BCUT2D eigenvalue weighted by Crippen LogP contribution is 2.14. The van der Waals surface area contributed by atoms with Crippen molar-refractivity contribution in [3.63, 3.8) is 0 Å². The Bertz CT molecular complexity index is 479. The van der Waals surface area contributed by atoms with Gasteiger partial charge in [-0.15, -0.1) is 0 Å². The molecule has 16 heavy (non-hydrogen) atoms. The number of rotatable bonds is 3. The summed E-state index contributed by atoms with van der Waals surface area (Å²) < 4.78 is 4.88. The van der Waals surface area contributed by atoms with Crippen molar-refractivity contribution in [3.8, 4) is 11.5 Å². The summed E-state index contributed by atoms with van der Waals surface area (Å²) in [6.45, 7) is 2.13. The molecule has 2 rings (SSSR count). The van der Waals surface area contributed by atoms with Crippen molar-refractivity contribution in [1.29, 1.82) is 0 Å². The van der Waals surface area contributed by atoms with Crippen LogP contribution in [0.4, 0.5) is 0 Å². The van der Waals surface area contributed by atoms with Crippen LogP contribution in [0.5, 0.6) is 0 Å². The van der Waals surface area contributed by atoms with Crippen LogP contribution in [0.2, 0.25) is 0 Å². The van der Waals surface area contributed by atoms with Gasteiger partial charge in [-0.05, 0) is 19.1 Å². The summed E-state index contributed by atoms with van der Waals surface area (Å²) in [7, 11) is 0. The third-order valence-electron chi connectivity index (χ3n) is 2.00. The molecule has 5 nitrogen and oxygen atoms in total. The predicted octanol–water partition coefficient (Wildman–Crippen LogP) is 1.65. The number of hydrogen-bond acceptors (Lipinski definition) is 4. The number of H-pyrrole nitrogens is 1. The Morgan fingerprint density at radius 2 is 2.19 bits per heavy atom. The van der Waals surface area contributed by atoms with E-state index < -0.39 is 0 Å². The van der Waals surface area contributed by atoms with Crippen LogP contribution in [0, 0.1) is 0 Å². The Hall–Kier alpha value is -2.17. The summed E-state index contributed by atoms with van der Waals surface area (Å²) in [5.74, 6) is 0.207.